The lowest BCUT2D eigenvalue weighted by atomic mass is 9.82. The SMILES string of the molecule is OC(c1cccc(F)c1)(c1ccccc1C(F)(F)F)C(F)(F)F. The van der Waals surface area contributed by atoms with E-state index >= 15 is 0 Å². The van der Waals surface area contributed by atoms with Gasteiger partial charge in [0.15, 0.2) is 0 Å². The molecule has 0 radical (unpaired) electrons. The van der Waals surface area contributed by atoms with E-state index in [2.05, 4.69) is 0 Å². The van der Waals surface area contributed by atoms with E-state index in [4.69, 9.17) is 0 Å². The van der Waals surface area contributed by atoms with Gasteiger partial charge in [-0.05, 0) is 18.2 Å². The van der Waals surface area contributed by atoms with Crippen molar-refractivity contribution in [3.8, 4) is 0 Å². The topological polar surface area (TPSA) is 20.2 Å². The smallest absolute Gasteiger partial charge is 0.372 e. The first-order chi connectivity index (χ1) is 10.5. The molecule has 0 aliphatic heterocycles. The number of benzene rings is 2. The van der Waals surface area contributed by atoms with Crippen molar-refractivity contribution in [2.45, 2.75) is 18.0 Å². The third-order valence-corrected chi connectivity index (χ3v) is 3.27. The Bertz CT molecular complexity index is 705. The molecule has 0 saturated heterocycles. The molecular weight excluding hydrogens is 329 g/mol. The quantitative estimate of drug-likeness (QED) is 0.791. The van der Waals surface area contributed by atoms with Gasteiger partial charge in [-0.15, -0.1) is 0 Å². The maximum atomic E-state index is 13.4. The highest BCUT2D eigenvalue weighted by atomic mass is 19.4. The van der Waals surface area contributed by atoms with Gasteiger partial charge in [-0.3, -0.25) is 0 Å². The minimum atomic E-state index is -5.50. The van der Waals surface area contributed by atoms with E-state index in [1.54, 1.807) is 0 Å². The zero-order chi connectivity index (χ0) is 17.5. The highest BCUT2D eigenvalue weighted by Crippen LogP contribution is 2.48. The molecule has 2 aromatic rings. The third kappa shape index (κ3) is 3.03. The molecule has 1 N–H and O–H groups in total. The number of hydrogen-bond acceptors (Lipinski definition) is 1. The Labute approximate surface area is 126 Å². The summed E-state index contributed by atoms with van der Waals surface area (Å²) in [4.78, 5) is 0. The second-order valence-electron chi connectivity index (χ2n) is 4.76. The van der Waals surface area contributed by atoms with Gasteiger partial charge < -0.3 is 5.11 Å². The fourth-order valence-corrected chi connectivity index (χ4v) is 2.23. The largest absolute Gasteiger partial charge is 0.425 e. The second-order valence-corrected chi connectivity index (χ2v) is 4.76. The average molecular weight is 338 g/mol. The molecule has 124 valence electrons. The number of halogens is 7. The number of rotatable bonds is 2. The Morgan fingerprint density at radius 3 is 1.78 bits per heavy atom. The van der Waals surface area contributed by atoms with Crippen molar-refractivity contribution < 1.29 is 35.8 Å². The van der Waals surface area contributed by atoms with Gasteiger partial charge in [-0.2, -0.15) is 26.3 Å². The lowest BCUT2D eigenvalue weighted by Crippen LogP contribution is -2.44. The average Bonchev–Trinajstić information content (AvgIpc) is 2.44. The molecule has 0 fully saturated rings. The maximum absolute atomic E-state index is 13.4. The fourth-order valence-electron chi connectivity index (χ4n) is 2.23. The molecule has 0 saturated carbocycles. The summed E-state index contributed by atoms with van der Waals surface area (Å²) in [6.45, 7) is 0. The van der Waals surface area contributed by atoms with Crippen LogP contribution >= 0.6 is 0 Å². The summed E-state index contributed by atoms with van der Waals surface area (Å²) in [7, 11) is 0. The Balaban J connectivity index is 2.82. The minimum Gasteiger partial charge on any atom is -0.372 e. The second kappa shape index (κ2) is 5.52. The van der Waals surface area contributed by atoms with E-state index in [1.165, 1.54) is 0 Å². The lowest BCUT2D eigenvalue weighted by Gasteiger charge is -2.33. The summed E-state index contributed by atoms with van der Waals surface area (Å²) >= 11 is 0. The van der Waals surface area contributed by atoms with Gasteiger partial charge in [0.05, 0.1) is 5.56 Å². The molecule has 0 heterocycles. The number of alkyl halides is 6. The first kappa shape index (κ1) is 17.3. The molecule has 0 bridgehead atoms. The molecule has 0 amide bonds. The zero-order valence-corrected chi connectivity index (χ0v) is 11.2. The van der Waals surface area contributed by atoms with Crippen molar-refractivity contribution in [3.63, 3.8) is 0 Å². The molecule has 23 heavy (non-hydrogen) atoms. The summed E-state index contributed by atoms with van der Waals surface area (Å²) < 4.78 is 92.6. The van der Waals surface area contributed by atoms with Gasteiger partial charge in [0.1, 0.15) is 5.82 Å². The van der Waals surface area contributed by atoms with E-state index in [0.29, 0.717) is 24.3 Å². The Hall–Kier alpha value is -2.09. The number of hydrogen-bond donors (Lipinski definition) is 1. The molecule has 0 spiro atoms. The van der Waals surface area contributed by atoms with Gasteiger partial charge in [-0.1, -0.05) is 30.3 Å². The van der Waals surface area contributed by atoms with E-state index < -0.39 is 40.5 Å². The molecule has 0 aromatic heterocycles. The predicted octanol–water partition coefficient (Wildman–Crippen LogP) is 4.64. The zero-order valence-electron chi connectivity index (χ0n) is 11.2. The summed E-state index contributed by atoms with van der Waals surface area (Å²) in [5.41, 5.74) is -8.10. The molecule has 0 aliphatic carbocycles. The summed E-state index contributed by atoms with van der Waals surface area (Å²) in [6.07, 6.45) is -10.6. The van der Waals surface area contributed by atoms with Crippen molar-refractivity contribution in [2.75, 3.05) is 0 Å². The Morgan fingerprint density at radius 1 is 0.739 bits per heavy atom. The van der Waals surface area contributed by atoms with Crippen LogP contribution in [0.4, 0.5) is 30.7 Å². The van der Waals surface area contributed by atoms with Crippen LogP contribution in [0, 0.1) is 5.82 Å². The van der Waals surface area contributed by atoms with Crippen molar-refractivity contribution in [3.05, 3.63) is 71.0 Å². The van der Waals surface area contributed by atoms with Crippen LogP contribution < -0.4 is 0 Å². The first-order valence-corrected chi connectivity index (χ1v) is 6.20. The molecule has 2 rings (SSSR count). The van der Waals surface area contributed by atoms with Crippen molar-refractivity contribution in [1.82, 2.24) is 0 Å². The van der Waals surface area contributed by atoms with Gasteiger partial charge in [0.2, 0.25) is 5.60 Å². The van der Waals surface area contributed by atoms with Crippen LogP contribution in [-0.4, -0.2) is 11.3 Å². The van der Waals surface area contributed by atoms with Crippen molar-refractivity contribution in [1.29, 1.82) is 0 Å². The molecular formula is C15H9F7O. The molecule has 2 aromatic carbocycles. The van der Waals surface area contributed by atoms with Gasteiger partial charge in [0.25, 0.3) is 0 Å². The van der Waals surface area contributed by atoms with E-state index in [9.17, 15) is 35.8 Å². The van der Waals surface area contributed by atoms with Crippen molar-refractivity contribution in [2.24, 2.45) is 0 Å². The number of aliphatic hydroxyl groups is 1. The van der Waals surface area contributed by atoms with Gasteiger partial charge in [0, 0.05) is 11.1 Å². The molecule has 1 atom stereocenters. The Morgan fingerprint density at radius 2 is 1.30 bits per heavy atom. The maximum Gasteiger partial charge on any atom is 0.425 e. The van der Waals surface area contributed by atoms with Crippen LogP contribution in [0.3, 0.4) is 0 Å². The molecule has 0 aliphatic rings. The minimum absolute atomic E-state index is 0.348. The van der Waals surface area contributed by atoms with Crippen molar-refractivity contribution >= 4 is 0 Å². The highest BCUT2D eigenvalue weighted by Gasteiger charge is 2.58. The van der Waals surface area contributed by atoms with Crippen LogP contribution in [-0.2, 0) is 11.8 Å². The van der Waals surface area contributed by atoms with Crippen LogP contribution in [0.1, 0.15) is 16.7 Å². The highest BCUT2D eigenvalue weighted by molar-refractivity contribution is 5.44. The Kier molecular flexibility index (Phi) is 4.14. The lowest BCUT2D eigenvalue weighted by molar-refractivity contribution is -0.250. The van der Waals surface area contributed by atoms with Gasteiger partial charge >= 0.3 is 12.4 Å². The van der Waals surface area contributed by atoms with E-state index in [0.717, 1.165) is 24.3 Å². The van der Waals surface area contributed by atoms with E-state index in [-0.39, 0.29) is 0 Å². The molecule has 1 nitrogen and oxygen atoms in total. The summed E-state index contributed by atoms with van der Waals surface area (Å²) in [5, 5.41) is 10.2. The normalized spacial score (nSPS) is 15.3. The van der Waals surface area contributed by atoms with Crippen LogP contribution in [0.15, 0.2) is 48.5 Å². The summed E-state index contributed by atoms with van der Waals surface area (Å²) in [5.74, 6) is -1.12. The molecule has 8 heteroatoms. The fraction of sp³-hybridized carbons (Fsp3) is 0.200. The standard InChI is InChI=1S/C15H9F7O/c16-10-5-3-4-9(8-10)13(23,15(20,21)22)11-6-1-2-7-12(11)14(17,18)19/h1-8,23H. The molecule has 1 unspecified atom stereocenters. The third-order valence-electron chi connectivity index (χ3n) is 3.27. The van der Waals surface area contributed by atoms with Crippen LogP contribution in [0.2, 0.25) is 0 Å². The first-order valence-electron chi connectivity index (χ1n) is 6.20. The summed E-state index contributed by atoms with van der Waals surface area (Å²) in [6, 6.07) is 5.51. The van der Waals surface area contributed by atoms with E-state index in [1.807, 2.05) is 0 Å². The predicted molar refractivity (Wildman–Crippen MR) is 66.9 cm³/mol. The van der Waals surface area contributed by atoms with Gasteiger partial charge in [-0.25, -0.2) is 4.39 Å². The van der Waals surface area contributed by atoms with Crippen LogP contribution in [0.5, 0.6) is 0 Å². The monoisotopic (exact) mass is 338 g/mol. The van der Waals surface area contributed by atoms with Crippen LogP contribution in [0.25, 0.3) is 0 Å².